The highest BCUT2D eigenvalue weighted by atomic mass is 19.4. The van der Waals surface area contributed by atoms with E-state index in [0.717, 1.165) is 5.39 Å². The van der Waals surface area contributed by atoms with Crippen LogP contribution in [-0.2, 0) is 0 Å². The lowest BCUT2D eigenvalue weighted by Crippen LogP contribution is -2.22. The molecule has 0 aliphatic carbocycles. The van der Waals surface area contributed by atoms with Crippen molar-refractivity contribution in [1.82, 2.24) is 4.98 Å². The normalized spacial score (nSPS) is 12.2. The van der Waals surface area contributed by atoms with Gasteiger partial charge in [0.05, 0.1) is 11.1 Å². The second-order valence-electron chi connectivity index (χ2n) is 4.23. The lowest BCUT2D eigenvalue weighted by atomic mass is 10.1. The van der Waals surface area contributed by atoms with Crippen molar-refractivity contribution in [3.63, 3.8) is 0 Å². The molecule has 0 bridgehead atoms. The molecule has 3 rings (SSSR count). The molecule has 0 fully saturated rings. The Kier molecular flexibility index (Phi) is 2.38. The molecule has 0 aliphatic rings. The molecule has 0 saturated heterocycles. The SMILES string of the molecule is O=C(c1cccc2c1[nH]c1ccccc12)C(F)(F)F. The summed E-state index contributed by atoms with van der Waals surface area (Å²) < 4.78 is 37.7. The molecule has 0 radical (unpaired) electrons. The van der Waals surface area contributed by atoms with Gasteiger partial charge in [0.15, 0.2) is 0 Å². The van der Waals surface area contributed by atoms with Gasteiger partial charge < -0.3 is 4.98 Å². The van der Waals surface area contributed by atoms with Crippen LogP contribution in [0.5, 0.6) is 0 Å². The molecule has 5 heteroatoms. The number of benzene rings is 2. The zero-order valence-electron chi connectivity index (χ0n) is 9.58. The van der Waals surface area contributed by atoms with Crippen molar-refractivity contribution in [1.29, 1.82) is 0 Å². The molecule has 0 saturated carbocycles. The van der Waals surface area contributed by atoms with E-state index in [1.54, 1.807) is 30.3 Å². The minimum atomic E-state index is -4.87. The summed E-state index contributed by atoms with van der Waals surface area (Å²) in [6.07, 6.45) is -4.87. The van der Waals surface area contributed by atoms with E-state index < -0.39 is 12.0 Å². The standard InChI is InChI=1S/C14H8F3NO/c15-14(16,17)13(19)10-6-3-5-9-8-4-1-2-7-11(8)18-12(9)10/h1-7,18H. The summed E-state index contributed by atoms with van der Waals surface area (Å²) >= 11 is 0. The van der Waals surface area contributed by atoms with Crippen molar-refractivity contribution in [2.24, 2.45) is 0 Å². The van der Waals surface area contributed by atoms with Crippen LogP contribution in [-0.4, -0.2) is 16.9 Å². The highest BCUT2D eigenvalue weighted by molar-refractivity contribution is 6.16. The van der Waals surface area contributed by atoms with Crippen LogP contribution in [0, 0.1) is 0 Å². The molecule has 0 amide bonds. The Labute approximate surface area is 105 Å². The highest BCUT2D eigenvalue weighted by Gasteiger charge is 2.40. The van der Waals surface area contributed by atoms with Gasteiger partial charge in [0.2, 0.25) is 0 Å². The van der Waals surface area contributed by atoms with E-state index in [-0.39, 0.29) is 11.1 Å². The molecule has 0 aliphatic heterocycles. The molecule has 2 nitrogen and oxygen atoms in total. The first-order valence-corrected chi connectivity index (χ1v) is 5.59. The summed E-state index contributed by atoms with van der Waals surface area (Å²) in [5.41, 5.74) is 0.590. The number of alkyl halides is 3. The molecule has 96 valence electrons. The molecular weight excluding hydrogens is 255 g/mol. The quantitative estimate of drug-likeness (QED) is 0.660. The number of aromatic nitrogens is 1. The van der Waals surface area contributed by atoms with Crippen LogP contribution in [0.25, 0.3) is 21.8 Å². The zero-order valence-corrected chi connectivity index (χ0v) is 9.58. The van der Waals surface area contributed by atoms with Crippen molar-refractivity contribution in [2.75, 3.05) is 0 Å². The van der Waals surface area contributed by atoms with Crippen LogP contribution < -0.4 is 0 Å². The van der Waals surface area contributed by atoms with Gasteiger partial charge >= 0.3 is 6.18 Å². The molecular formula is C14H8F3NO. The molecule has 3 aromatic rings. The second-order valence-corrected chi connectivity index (χ2v) is 4.23. The minimum Gasteiger partial charge on any atom is -0.354 e. The Hall–Kier alpha value is -2.30. The molecule has 19 heavy (non-hydrogen) atoms. The average molecular weight is 263 g/mol. The predicted molar refractivity (Wildman–Crippen MR) is 66.2 cm³/mol. The van der Waals surface area contributed by atoms with Gasteiger partial charge in [-0.15, -0.1) is 0 Å². The van der Waals surface area contributed by atoms with E-state index in [2.05, 4.69) is 4.98 Å². The number of Topliss-reactive ketones (excluding diaryl/α,β-unsaturated/α-hetero) is 1. The summed E-state index contributed by atoms with van der Waals surface area (Å²) in [5, 5.41) is 1.42. The van der Waals surface area contributed by atoms with Crippen LogP contribution in [0.3, 0.4) is 0 Å². The summed E-state index contributed by atoms with van der Waals surface area (Å²) in [5.74, 6) is -1.83. The first-order valence-electron chi connectivity index (χ1n) is 5.59. The van der Waals surface area contributed by atoms with E-state index in [1.165, 1.54) is 12.1 Å². The van der Waals surface area contributed by atoms with Gasteiger partial charge in [-0.3, -0.25) is 4.79 Å². The van der Waals surface area contributed by atoms with Crippen LogP contribution in [0.4, 0.5) is 13.2 Å². The number of H-pyrrole nitrogens is 1. The number of fused-ring (bicyclic) bond motifs is 3. The number of para-hydroxylation sites is 2. The van der Waals surface area contributed by atoms with E-state index >= 15 is 0 Å². The molecule has 0 atom stereocenters. The maximum atomic E-state index is 12.6. The predicted octanol–water partition coefficient (Wildman–Crippen LogP) is 4.07. The maximum absolute atomic E-state index is 12.6. The summed E-state index contributed by atoms with van der Waals surface area (Å²) in [6, 6.07) is 11.5. The Morgan fingerprint density at radius 2 is 1.63 bits per heavy atom. The fourth-order valence-corrected chi connectivity index (χ4v) is 2.22. The second kappa shape index (κ2) is 3.85. The van der Waals surface area contributed by atoms with Gasteiger partial charge in [-0.2, -0.15) is 13.2 Å². The summed E-state index contributed by atoms with van der Waals surface area (Å²) in [6.45, 7) is 0. The van der Waals surface area contributed by atoms with Crippen molar-refractivity contribution in [3.8, 4) is 0 Å². The minimum absolute atomic E-state index is 0.228. The van der Waals surface area contributed by atoms with Crippen molar-refractivity contribution in [2.45, 2.75) is 6.18 Å². The monoisotopic (exact) mass is 263 g/mol. The number of hydrogen-bond acceptors (Lipinski definition) is 1. The van der Waals surface area contributed by atoms with Gasteiger partial charge in [-0.1, -0.05) is 30.3 Å². The van der Waals surface area contributed by atoms with Crippen molar-refractivity contribution in [3.05, 3.63) is 48.0 Å². The third kappa shape index (κ3) is 1.78. The van der Waals surface area contributed by atoms with E-state index in [4.69, 9.17) is 0 Å². The molecule has 0 unspecified atom stereocenters. The summed E-state index contributed by atoms with van der Waals surface area (Å²) in [7, 11) is 0. The maximum Gasteiger partial charge on any atom is 0.454 e. The first kappa shape index (κ1) is 11.8. The highest BCUT2D eigenvalue weighted by Crippen LogP contribution is 2.30. The van der Waals surface area contributed by atoms with Crippen LogP contribution >= 0.6 is 0 Å². The molecule has 1 aromatic heterocycles. The third-order valence-electron chi connectivity index (χ3n) is 3.04. The Morgan fingerprint density at radius 3 is 2.37 bits per heavy atom. The first-order chi connectivity index (χ1) is 8.98. The van der Waals surface area contributed by atoms with Crippen molar-refractivity contribution >= 4 is 27.6 Å². The van der Waals surface area contributed by atoms with Crippen LogP contribution in [0.1, 0.15) is 10.4 Å². The number of halogens is 3. The van der Waals surface area contributed by atoms with E-state index in [0.29, 0.717) is 10.9 Å². The number of carbonyl (C=O) groups is 1. The number of carbonyl (C=O) groups excluding carboxylic acids is 1. The average Bonchev–Trinajstić information content (AvgIpc) is 2.75. The van der Waals surface area contributed by atoms with Crippen molar-refractivity contribution < 1.29 is 18.0 Å². The molecule has 1 N–H and O–H groups in total. The third-order valence-corrected chi connectivity index (χ3v) is 3.04. The molecule has 2 aromatic carbocycles. The smallest absolute Gasteiger partial charge is 0.354 e. The fraction of sp³-hybridized carbons (Fsp3) is 0.0714. The fourth-order valence-electron chi connectivity index (χ4n) is 2.22. The number of aromatic amines is 1. The number of rotatable bonds is 1. The Balaban J connectivity index is 2.36. The Morgan fingerprint density at radius 1 is 0.947 bits per heavy atom. The van der Waals surface area contributed by atoms with Crippen LogP contribution in [0.15, 0.2) is 42.5 Å². The van der Waals surface area contributed by atoms with E-state index in [9.17, 15) is 18.0 Å². The van der Waals surface area contributed by atoms with Gasteiger partial charge in [-0.25, -0.2) is 0 Å². The number of hydrogen-bond donors (Lipinski definition) is 1. The van der Waals surface area contributed by atoms with Gasteiger partial charge in [-0.05, 0) is 12.1 Å². The van der Waals surface area contributed by atoms with Gasteiger partial charge in [0.1, 0.15) is 0 Å². The van der Waals surface area contributed by atoms with Gasteiger partial charge in [0, 0.05) is 16.3 Å². The van der Waals surface area contributed by atoms with E-state index in [1.807, 2.05) is 0 Å². The topological polar surface area (TPSA) is 32.9 Å². The summed E-state index contributed by atoms with van der Waals surface area (Å²) in [4.78, 5) is 14.3. The molecule has 1 heterocycles. The lowest BCUT2D eigenvalue weighted by molar-refractivity contribution is -0.0884. The zero-order chi connectivity index (χ0) is 13.6. The Bertz CT molecular complexity index is 786. The number of ketones is 1. The molecule has 0 spiro atoms. The largest absolute Gasteiger partial charge is 0.454 e. The number of nitrogens with one attached hydrogen (secondary N) is 1. The lowest BCUT2D eigenvalue weighted by Gasteiger charge is -2.05. The van der Waals surface area contributed by atoms with Crippen LogP contribution in [0.2, 0.25) is 0 Å². The van der Waals surface area contributed by atoms with Gasteiger partial charge in [0.25, 0.3) is 5.78 Å².